The molecule has 1 saturated heterocycles. The molecule has 3 rings (SSSR count). The van der Waals surface area contributed by atoms with Crippen molar-refractivity contribution in [3.8, 4) is 0 Å². The van der Waals surface area contributed by atoms with Gasteiger partial charge in [-0.05, 0) is 6.92 Å². The monoisotopic (exact) mass is 630 g/mol. The molecule has 41 heavy (non-hydrogen) atoms. The first-order valence-corrected chi connectivity index (χ1v) is 14.6. The van der Waals surface area contributed by atoms with Crippen molar-refractivity contribution < 1.29 is 57.1 Å². The summed E-state index contributed by atoms with van der Waals surface area (Å²) in [6, 6.07) is 0.951. The van der Waals surface area contributed by atoms with Crippen LogP contribution in [0.1, 0.15) is 24.4 Å². The normalized spacial score (nSPS) is 23.5. The third-order valence-electron chi connectivity index (χ3n) is 5.56. The fraction of sp³-hybridized carbons (Fsp3) is 0.579. The van der Waals surface area contributed by atoms with Gasteiger partial charge in [-0.2, -0.15) is 4.31 Å². The fourth-order valence-electron chi connectivity index (χ4n) is 3.57. The number of aliphatic hydroxyl groups is 3. The van der Waals surface area contributed by atoms with Crippen LogP contribution in [0.25, 0.3) is 0 Å². The summed E-state index contributed by atoms with van der Waals surface area (Å²) in [5.74, 6) is 0. The number of aromatic amines is 2. The van der Waals surface area contributed by atoms with Gasteiger partial charge >= 0.3 is 27.0 Å². The highest BCUT2D eigenvalue weighted by atomic mass is 31.3. The topological polar surface area (TPSA) is 291 Å². The minimum Gasteiger partial charge on any atom is -0.394 e. The van der Waals surface area contributed by atoms with Crippen LogP contribution in [0.4, 0.5) is 0 Å². The van der Waals surface area contributed by atoms with Gasteiger partial charge in [0.2, 0.25) is 0 Å². The molecule has 1 aliphatic rings. The standard InChI is InChI=1S/C19H28N4O16P2/c1-10-5-23(19(30)21-17(10)28)15-4-12(26)13(38-15)9-36-41(33,34)39-40(31,32)35-8-11(6-24)37-16(7-25)22-3-2-14(27)20-18(22)29/h2-3,5,11-13,15-16,24-26H,4,6-9H2,1H3,(H,31,32)(H,33,34)(H,20,27,29)(H,21,28,30)/t11-,12?,13+,15+,16+/m0/s1. The molecule has 0 spiro atoms. The van der Waals surface area contributed by atoms with Gasteiger partial charge in [-0.1, -0.05) is 0 Å². The summed E-state index contributed by atoms with van der Waals surface area (Å²) in [5, 5.41) is 29.2. The number of ether oxygens (including phenoxy) is 2. The lowest BCUT2D eigenvalue weighted by Gasteiger charge is -2.24. The molecule has 0 bridgehead atoms. The molecule has 0 amide bonds. The third kappa shape index (κ3) is 8.95. The zero-order valence-corrected chi connectivity index (χ0v) is 23.0. The summed E-state index contributed by atoms with van der Waals surface area (Å²) in [6.07, 6.45) is -4.60. The van der Waals surface area contributed by atoms with E-state index in [1.54, 1.807) is 0 Å². The first-order valence-electron chi connectivity index (χ1n) is 11.6. The van der Waals surface area contributed by atoms with Crippen LogP contribution < -0.4 is 22.5 Å². The molecule has 20 nitrogen and oxygen atoms in total. The maximum absolute atomic E-state index is 12.3. The highest BCUT2D eigenvalue weighted by molar-refractivity contribution is 7.61. The number of nitrogens with one attached hydrogen (secondary N) is 2. The number of phosphoric ester groups is 2. The van der Waals surface area contributed by atoms with Gasteiger partial charge in [0.25, 0.3) is 11.1 Å². The van der Waals surface area contributed by atoms with Crippen molar-refractivity contribution in [1.82, 2.24) is 19.1 Å². The van der Waals surface area contributed by atoms with E-state index in [1.165, 1.54) is 13.1 Å². The molecule has 0 radical (unpaired) electrons. The van der Waals surface area contributed by atoms with Crippen molar-refractivity contribution in [3.63, 3.8) is 0 Å². The lowest BCUT2D eigenvalue weighted by molar-refractivity contribution is -0.112. The van der Waals surface area contributed by atoms with Crippen molar-refractivity contribution in [2.75, 3.05) is 26.4 Å². The predicted molar refractivity (Wildman–Crippen MR) is 133 cm³/mol. The Hall–Kier alpha value is -2.58. The Balaban J connectivity index is 1.55. The summed E-state index contributed by atoms with van der Waals surface area (Å²) in [5.41, 5.74) is -2.96. The van der Waals surface area contributed by atoms with E-state index in [0.717, 1.165) is 21.4 Å². The van der Waals surface area contributed by atoms with E-state index in [4.69, 9.17) is 9.47 Å². The first kappa shape index (κ1) is 32.9. The number of aromatic nitrogens is 4. The van der Waals surface area contributed by atoms with Gasteiger partial charge in [0.05, 0.1) is 32.5 Å². The highest BCUT2D eigenvalue weighted by Gasteiger charge is 2.40. The molecular weight excluding hydrogens is 602 g/mol. The highest BCUT2D eigenvalue weighted by Crippen LogP contribution is 2.60. The molecule has 1 aliphatic heterocycles. The van der Waals surface area contributed by atoms with Gasteiger partial charge < -0.3 is 34.6 Å². The minimum absolute atomic E-state index is 0.166. The maximum Gasteiger partial charge on any atom is 0.481 e. The predicted octanol–water partition coefficient (Wildman–Crippen LogP) is -2.84. The fourth-order valence-corrected chi connectivity index (χ4v) is 5.68. The van der Waals surface area contributed by atoms with Crippen LogP contribution >= 0.6 is 15.6 Å². The smallest absolute Gasteiger partial charge is 0.394 e. The van der Waals surface area contributed by atoms with E-state index < -0.39 is 95.3 Å². The maximum atomic E-state index is 12.3. The van der Waals surface area contributed by atoms with Crippen LogP contribution in [-0.2, 0) is 32.0 Å². The lowest BCUT2D eigenvalue weighted by Crippen LogP contribution is -2.37. The molecule has 3 heterocycles. The van der Waals surface area contributed by atoms with E-state index in [9.17, 15) is 53.4 Å². The lowest BCUT2D eigenvalue weighted by atomic mass is 10.2. The zero-order valence-electron chi connectivity index (χ0n) is 21.2. The Kier molecular flexibility index (Phi) is 10.9. The van der Waals surface area contributed by atoms with E-state index >= 15 is 0 Å². The number of hydrogen-bond acceptors (Lipinski definition) is 14. The molecule has 0 saturated carbocycles. The number of hydrogen-bond donors (Lipinski definition) is 7. The van der Waals surface area contributed by atoms with E-state index in [-0.39, 0.29) is 12.0 Å². The average molecular weight is 630 g/mol. The van der Waals surface area contributed by atoms with Gasteiger partial charge in [0.1, 0.15) is 18.4 Å². The summed E-state index contributed by atoms with van der Waals surface area (Å²) in [4.78, 5) is 70.4. The van der Waals surface area contributed by atoms with E-state index in [2.05, 4.69) is 18.3 Å². The molecule has 2 aromatic heterocycles. The molecule has 2 aromatic rings. The van der Waals surface area contributed by atoms with Gasteiger partial charge in [-0.25, -0.2) is 18.7 Å². The Morgan fingerprint density at radius 1 is 1.07 bits per heavy atom. The molecular formula is C19H28N4O16P2. The van der Waals surface area contributed by atoms with Crippen molar-refractivity contribution in [2.45, 2.75) is 44.1 Å². The number of aryl methyl sites for hydroxylation is 1. The molecule has 0 aromatic carbocycles. The Morgan fingerprint density at radius 2 is 1.76 bits per heavy atom. The molecule has 22 heteroatoms. The summed E-state index contributed by atoms with van der Waals surface area (Å²) in [7, 11) is -10.7. The number of nitrogens with zero attached hydrogens (tertiary/aromatic N) is 2. The Labute approximate surface area is 228 Å². The van der Waals surface area contributed by atoms with Crippen molar-refractivity contribution >= 4 is 15.6 Å². The second-order valence-corrected chi connectivity index (χ2v) is 11.7. The second kappa shape index (κ2) is 13.6. The SMILES string of the molecule is Cc1cn([C@H]2CC(O)[C@@H](COP(=O)(O)OP(=O)(O)OC[C@H](CO)O[C@H](CO)n3ccc(=O)[nH]c3=O)O2)c(=O)[nH]c1=O. The van der Waals surface area contributed by atoms with Crippen molar-refractivity contribution in [3.05, 3.63) is 65.7 Å². The van der Waals surface area contributed by atoms with Gasteiger partial charge in [0, 0.05) is 30.4 Å². The second-order valence-electron chi connectivity index (χ2n) is 8.62. The zero-order chi connectivity index (χ0) is 30.5. The number of aliphatic hydroxyl groups excluding tert-OH is 3. The van der Waals surface area contributed by atoms with Crippen LogP contribution in [0.15, 0.2) is 37.6 Å². The number of H-pyrrole nitrogens is 2. The minimum atomic E-state index is -5.36. The summed E-state index contributed by atoms with van der Waals surface area (Å²) < 4.78 is 50.4. The van der Waals surface area contributed by atoms with Gasteiger partial charge in [0.15, 0.2) is 6.23 Å². The number of rotatable bonds is 14. The average Bonchev–Trinajstić information content (AvgIpc) is 3.25. The molecule has 230 valence electrons. The summed E-state index contributed by atoms with van der Waals surface area (Å²) in [6.45, 7) is -2.06. The van der Waals surface area contributed by atoms with Crippen molar-refractivity contribution in [2.24, 2.45) is 0 Å². The molecule has 1 fully saturated rings. The Bertz CT molecular complexity index is 1530. The van der Waals surface area contributed by atoms with Crippen LogP contribution in [0.2, 0.25) is 0 Å². The molecule has 3 unspecified atom stereocenters. The van der Waals surface area contributed by atoms with E-state index in [1.807, 2.05) is 4.98 Å². The summed E-state index contributed by atoms with van der Waals surface area (Å²) >= 11 is 0. The van der Waals surface area contributed by atoms with Crippen LogP contribution in [0, 0.1) is 6.92 Å². The number of phosphoric acid groups is 2. The molecule has 7 atom stereocenters. The van der Waals surface area contributed by atoms with Crippen molar-refractivity contribution in [1.29, 1.82) is 0 Å². The third-order valence-corrected chi connectivity index (χ3v) is 8.16. The van der Waals surface area contributed by atoms with Crippen LogP contribution in [0.5, 0.6) is 0 Å². The molecule has 7 N–H and O–H groups in total. The Morgan fingerprint density at radius 3 is 2.39 bits per heavy atom. The molecule has 0 aliphatic carbocycles. The first-order chi connectivity index (χ1) is 19.1. The largest absolute Gasteiger partial charge is 0.481 e. The van der Waals surface area contributed by atoms with Gasteiger partial charge in [-0.15, -0.1) is 0 Å². The van der Waals surface area contributed by atoms with Crippen LogP contribution in [-0.4, -0.2) is 88.9 Å². The van der Waals surface area contributed by atoms with E-state index in [0.29, 0.717) is 0 Å². The van der Waals surface area contributed by atoms with Gasteiger partial charge in [-0.3, -0.25) is 37.7 Å². The quantitative estimate of drug-likeness (QED) is 0.103. The van der Waals surface area contributed by atoms with Crippen LogP contribution in [0.3, 0.4) is 0 Å².